The Labute approximate surface area is 192 Å². The van der Waals surface area contributed by atoms with Crippen molar-refractivity contribution in [3.8, 4) is 0 Å². The summed E-state index contributed by atoms with van der Waals surface area (Å²) in [5.41, 5.74) is 2.67. The second-order valence-electron chi connectivity index (χ2n) is 7.92. The molecule has 0 bridgehead atoms. The first-order valence-corrected chi connectivity index (χ1v) is 12.0. The molecule has 1 aliphatic carbocycles. The van der Waals surface area contributed by atoms with E-state index < -0.39 is 0 Å². The number of rotatable bonds is 6. The maximum Gasteiger partial charge on any atom is 0.338 e. The van der Waals surface area contributed by atoms with Crippen LogP contribution in [0.4, 0.5) is 5.69 Å². The number of nitrogens with zero attached hydrogens (tertiary/aromatic N) is 2. The highest BCUT2D eigenvalue weighted by Gasteiger charge is 2.37. The van der Waals surface area contributed by atoms with Gasteiger partial charge in [0.15, 0.2) is 5.66 Å². The van der Waals surface area contributed by atoms with E-state index in [1.165, 1.54) is 18.2 Å². The molecule has 0 aromatic heterocycles. The lowest BCUT2D eigenvalue weighted by atomic mass is 9.90. The SMILES string of the molecule is CCOC(=O)c1ccc(NC(=O)CSC2=NC3(CCCCC3)N=C2c2ccccc2)cc1. The van der Waals surface area contributed by atoms with Crippen LogP contribution in [-0.2, 0) is 9.53 Å². The number of thioether (sulfide) groups is 1. The topological polar surface area (TPSA) is 80.1 Å². The van der Waals surface area contributed by atoms with Crippen molar-refractivity contribution in [3.05, 3.63) is 65.7 Å². The van der Waals surface area contributed by atoms with Gasteiger partial charge in [-0.1, -0.05) is 48.5 Å². The van der Waals surface area contributed by atoms with Crippen molar-refractivity contribution < 1.29 is 14.3 Å². The summed E-state index contributed by atoms with van der Waals surface area (Å²) in [5, 5.41) is 3.72. The Morgan fingerprint density at radius 1 is 1.00 bits per heavy atom. The van der Waals surface area contributed by atoms with Crippen LogP contribution in [0.15, 0.2) is 64.6 Å². The minimum absolute atomic E-state index is 0.126. The maximum absolute atomic E-state index is 12.6. The Hall–Kier alpha value is -2.93. The third-order valence-corrected chi connectivity index (χ3v) is 6.52. The molecular weight excluding hydrogens is 422 g/mol. The minimum Gasteiger partial charge on any atom is -0.462 e. The fourth-order valence-electron chi connectivity index (χ4n) is 3.98. The molecule has 0 radical (unpaired) electrons. The molecule has 1 amide bonds. The van der Waals surface area contributed by atoms with Gasteiger partial charge in [-0.3, -0.25) is 9.79 Å². The normalized spacial score (nSPS) is 16.9. The fraction of sp³-hybridized carbons (Fsp3) is 0.360. The van der Waals surface area contributed by atoms with Crippen LogP contribution >= 0.6 is 11.8 Å². The van der Waals surface area contributed by atoms with Gasteiger partial charge in [-0.15, -0.1) is 0 Å². The van der Waals surface area contributed by atoms with Crippen LogP contribution < -0.4 is 5.32 Å². The highest BCUT2D eigenvalue weighted by atomic mass is 32.2. The van der Waals surface area contributed by atoms with Crippen molar-refractivity contribution in [2.45, 2.75) is 44.7 Å². The van der Waals surface area contributed by atoms with Crippen molar-refractivity contribution in [3.63, 3.8) is 0 Å². The zero-order valence-electron chi connectivity index (χ0n) is 18.2. The third-order valence-electron chi connectivity index (χ3n) is 5.55. The van der Waals surface area contributed by atoms with Crippen LogP contribution in [0.1, 0.15) is 54.9 Å². The van der Waals surface area contributed by atoms with Gasteiger partial charge in [0, 0.05) is 11.3 Å². The average molecular weight is 450 g/mol. The largest absolute Gasteiger partial charge is 0.462 e. The molecule has 0 atom stereocenters. The van der Waals surface area contributed by atoms with E-state index >= 15 is 0 Å². The minimum atomic E-state index is -0.371. The van der Waals surface area contributed by atoms with Crippen LogP contribution in [0.5, 0.6) is 0 Å². The molecule has 0 saturated heterocycles. The van der Waals surface area contributed by atoms with Crippen molar-refractivity contribution >= 4 is 40.1 Å². The first-order chi connectivity index (χ1) is 15.6. The fourth-order valence-corrected chi connectivity index (χ4v) is 4.86. The van der Waals surface area contributed by atoms with Crippen LogP contribution in [0.3, 0.4) is 0 Å². The molecule has 1 saturated carbocycles. The molecule has 1 fully saturated rings. The van der Waals surface area contributed by atoms with Crippen molar-refractivity contribution in [1.29, 1.82) is 0 Å². The van der Waals surface area contributed by atoms with E-state index in [9.17, 15) is 9.59 Å². The molecule has 0 unspecified atom stereocenters. The average Bonchev–Trinajstić information content (AvgIpc) is 3.17. The lowest BCUT2D eigenvalue weighted by molar-refractivity contribution is -0.113. The molecule has 1 aliphatic heterocycles. The number of benzene rings is 2. The maximum atomic E-state index is 12.6. The van der Waals surface area contributed by atoms with E-state index in [1.807, 2.05) is 30.3 Å². The summed E-state index contributed by atoms with van der Waals surface area (Å²) in [6.07, 6.45) is 5.43. The van der Waals surface area contributed by atoms with Gasteiger partial charge in [0.05, 0.1) is 23.6 Å². The van der Waals surface area contributed by atoms with E-state index in [-0.39, 0.29) is 23.3 Å². The summed E-state index contributed by atoms with van der Waals surface area (Å²) in [7, 11) is 0. The van der Waals surface area contributed by atoms with Gasteiger partial charge >= 0.3 is 5.97 Å². The summed E-state index contributed by atoms with van der Waals surface area (Å²) >= 11 is 1.43. The van der Waals surface area contributed by atoms with E-state index in [2.05, 4.69) is 5.32 Å². The number of amides is 1. The molecule has 166 valence electrons. The van der Waals surface area contributed by atoms with Gasteiger partial charge in [0.25, 0.3) is 0 Å². The molecular formula is C25H27N3O3S. The quantitative estimate of drug-likeness (QED) is 0.623. The standard InChI is InChI=1S/C25H27N3O3S/c1-2-31-24(30)19-11-13-20(14-12-19)26-21(29)17-32-23-22(18-9-5-3-6-10-18)27-25(28-23)15-7-4-8-16-25/h3,5-6,9-14H,2,4,7-8,15-17H2,1H3,(H,26,29). The summed E-state index contributed by atoms with van der Waals surface area (Å²) in [5.74, 6) is -0.261. The highest BCUT2D eigenvalue weighted by Crippen LogP contribution is 2.38. The summed E-state index contributed by atoms with van der Waals surface area (Å²) < 4.78 is 4.98. The van der Waals surface area contributed by atoms with Crippen molar-refractivity contribution in [1.82, 2.24) is 0 Å². The van der Waals surface area contributed by atoms with E-state index in [4.69, 9.17) is 14.7 Å². The zero-order valence-corrected chi connectivity index (χ0v) is 19.0. The lowest BCUT2D eigenvalue weighted by Gasteiger charge is -2.27. The highest BCUT2D eigenvalue weighted by molar-refractivity contribution is 8.16. The van der Waals surface area contributed by atoms with Crippen molar-refractivity contribution in [2.75, 3.05) is 17.7 Å². The van der Waals surface area contributed by atoms with Crippen molar-refractivity contribution in [2.24, 2.45) is 9.98 Å². The molecule has 6 nitrogen and oxygen atoms in total. The van der Waals surface area contributed by atoms with Crippen LogP contribution in [0.2, 0.25) is 0 Å². The Balaban J connectivity index is 1.41. The van der Waals surface area contributed by atoms with Gasteiger partial charge in [-0.2, -0.15) is 0 Å². The number of aliphatic imine (C=N–C) groups is 2. The smallest absolute Gasteiger partial charge is 0.338 e. The molecule has 7 heteroatoms. The molecule has 1 N–H and O–H groups in total. The third kappa shape index (κ3) is 5.27. The Bertz CT molecular complexity index is 1030. The second-order valence-corrected chi connectivity index (χ2v) is 8.89. The number of nitrogens with one attached hydrogen (secondary N) is 1. The lowest BCUT2D eigenvalue weighted by Crippen LogP contribution is -2.25. The van der Waals surface area contributed by atoms with Crippen LogP contribution in [0.25, 0.3) is 0 Å². The predicted molar refractivity (Wildman–Crippen MR) is 130 cm³/mol. The Morgan fingerprint density at radius 3 is 2.41 bits per heavy atom. The summed E-state index contributed by atoms with van der Waals surface area (Å²) in [6, 6.07) is 16.8. The van der Waals surface area contributed by atoms with Gasteiger partial charge in [-0.05, 0) is 56.9 Å². The molecule has 1 heterocycles. The Morgan fingerprint density at radius 2 is 1.72 bits per heavy atom. The number of hydrogen-bond acceptors (Lipinski definition) is 6. The van der Waals surface area contributed by atoms with E-state index in [0.29, 0.717) is 17.9 Å². The van der Waals surface area contributed by atoms with E-state index in [0.717, 1.165) is 42.0 Å². The first-order valence-electron chi connectivity index (χ1n) is 11.0. The van der Waals surface area contributed by atoms with Crippen LogP contribution in [0, 0.1) is 0 Å². The Kier molecular flexibility index (Phi) is 7.05. The van der Waals surface area contributed by atoms with Gasteiger partial charge in [-0.25, -0.2) is 9.79 Å². The molecule has 2 aromatic rings. The molecule has 2 aliphatic rings. The number of ether oxygens (including phenoxy) is 1. The zero-order chi connectivity index (χ0) is 22.4. The monoisotopic (exact) mass is 449 g/mol. The number of carbonyl (C=O) groups excluding carboxylic acids is 2. The second kappa shape index (κ2) is 10.1. The molecule has 2 aromatic carbocycles. The molecule has 4 rings (SSSR count). The number of hydrogen-bond donors (Lipinski definition) is 1. The summed E-state index contributed by atoms with van der Waals surface area (Å²) in [6.45, 7) is 2.09. The van der Waals surface area contributed by atoms with E-state index in [1.54, 1.807) is 31.2 Å². The van der Waals surface area contributed by atoms with Gasteiger partial charge < -0.3 is 10.1 Å². The summed E-state index contributed by atoms with van der Waals surface area (Å²) in [4.78, 5) is 34.4. The predicted octanol–water partition coefficient (Wildman–Crippen LogP) is 5.10. The number of esters is 1. The van der Waals surface area contributed by atoms with Gasteiger partial charge in [0.1, 0.15) is 5.04 Å². The number of anilines is 1. The molecule has 1 spiro atoms. The first kappa shape index (κ1) is 22.3. The van der Waals surface area contributed by atoms with Crippen LogP contribution in [-0.4, -0.2) is 40.7 Å². The number of carbonyl (C=O) groups is 2. The molecule has 32 heavy (non-hydrogen) atoms. The van der Waals surface area contributed by atoms with Gasteiger partial charge in [0.2, 0.25) is 5.91 Å².